The lowest BCUT2D eigenvalue weighted by Crippen LogP contribution is -2.36. The topological polar surface area (TPSA) is 41.1 Å². The van der Waals surface area contributed by atoms with Gasteiger partial charge in [0.1, 0.15) is 5.82 Å². The molecule has 1 atom stereocenters. The number of hydrogen-bond acceptors (Lipinski definition) is 2. The van der Waals surface area contributed by atoms with Crippen molar-refractivity contribution in [1.29, 1.82) is 0 Å². The van der Waals surface area contributed by atoms with Crippen LogP contribution in [0.5, 0.6) is 0 Å². The highest BCUT2D eigenvalue weighted by molar-refractivity contribution is 5.78. The summed E-state index contributed by atoms with van der Waals surface area (Å²) in [7, 11) is 0. The zero-order valence-electron chi connectivity index (χ0n) is 9.71. The van der Waals surface area contributed by atoms with Gasteiger partial charge in [-0.2, -0.15) is 0 Å². The molecular formula is C13H17FN2O. The van der Waals surface area contributed by atoms with E-state index < -0.39 is 0 Å². The molecular weight excluding hydrogens is 219 g/mol. The molecule has 0 aromatic heterocycles. The van der Waals surface area contributed by atoms with E-state index in [1.54, 1.807) is 12.1 Å². The number of carbonyl (C=O) groups excluding carboxylic acids is 1. The number of hydrogen-bond donors (Lipinski definition) is 2. The zero-order valence-corrected chi connectivity index (χ0v) is 9.71. The van der Waals surface area contributed by atoms with Gasteiger partial charge >= 0.3 is 0 Å². The first kappa shape index (κ1) is 12.0. The molecule has 17 heavy (non-hydrogen) atoms. The van der Waals surface area contributed by atoms with E-state index in [9.17, 15) is 9.18 Å². The molecule has 0 radical (unpaired) electrons. The van der Waals surface area contributed by atoms with Crippen LogP contribution in [0.3, 0.4) is 0 Å². The lowest BCUT2D eigenvalue weighted by atomic mass is 10.1. The Kier molecular flexibility index (Phi) is 4.09. The summed E-state index contributed by atoms with van der Waals surface area (Å²) in [5, 5.41) is 6.18. The van der Waals surface area contributed by atoms with Gasteiger partial charge in [0.05, 0.1) is 0 Å². The molecule has 1 unspecified atom stereocenters. The van der Waals surface area contributed by atoms with Crippen molar-refractivity contribution in [3.63, 3.8) is 0 Å². The molecule has 0 bridgehead atoms. The van der Waals surface area contributed by atoms with Crippen molar-refractivity contribution in [2.75, 3.05) is 13.1 Å². The quantitative estimate of drug-likeness (QED) is 0.755. The predicted molar refractivity (Wildman–Crippen MR) is 64.1 cm³/mol. The minimum absolute atomic E-state index is 0.141. The molecule has 92 valence electrons. The highest BCUT2D eigenvalue weighted by atomic mass is 19.1. The van der Waals surface area contributed by atoms with Crippen molar-refractivity contribution >= 4 is 5.91 Å². The normalized spacial score (nSPS) is 19.4. The van der Waals surface area contributed by atoms with Gasteiger partial charge in [-0.1, -0.05) is 12.1 Å². The summed E-state index contributed by atoms with van der Waals surface area (Å²) in [6.07, 6.45) is 2.35. The Morgan fingerprint density at radius 3 is 3.06 bits per heavy atom. The van der Waals surface area contributed by atoms with E-state index >= 15 is 0 Å². The minimum Gasteiger partial charge on any atom is -0.352 e. The molecule has 1 aromatic rings. The third kappa shape index (κ3) is 3.82. The average Bonchev–Trinajstić information content (AvgIpc) is 2.71. The fraction of sp³-hybridized carbons (Fsp3) is 0.462. The molecule has 3 nitrogen and oxygen atoms in total. The summed E-state index contributed by atoms with van der Waals surface area (Å²) in [6.45, 7) is 1.59. The Labute approximate surface area is 100 Å². The monoisotopic (exact) mass is 236 g/mol. The van der Waals surface area contributed by atoms with Crippen molar-refractivity contribution in [2.45, 2.75) is 25.3 Å². The molecule has 2 rings (SSSR count). The first-order chi connectivity index (χ1) is 8.24. The van der Waals surface area contributed by atoms with Gasteiger partial charge < -0.3 is 10.6 Å². The fourth-order valence-corrected chi connectivity index (χ4v) is 2.03. The number of nitrogens with one attached hydrogen (secondary N) is 2. The molecule has 1 amide bonds. The molecule has 0 aliphatic carbocycles. The lowest BCUT2D eigenvalue weighted by Gasteiger charge is -2.11. The van der Waals surface area contributed by atoms with Gasteiger partial charge in [0.2, 0.25) is 5.91 Å². The first-order valence-corrected chi connectivity index (χ1v) is 5.98. The Balaban J connectivity index is 1.65. The summed E-state index contributed by atoms with van der Waals surface area (Å²) in [4.78, 5) is 11.0. The van der Waals surface area contributed by atoms with Crippen LogP contribution in [-0.4, -0.2) is 25.0 Å². The van der Waals surface area contributed by atoms with Crippen LogP contribution in [0.1, 0.15) is 18.4 Å². The van der Waals surface area contributed by atoms with E-state index in [2.05, 4.69) is 10.6 Å². The smallest absolute Gasteiger partial charge is 0.220 e. The first-order valence-electron chi connectivity index (χ1n) is 5.98. The SMILES string of the molecule is O=C1CCC(CNCCc2cccc(F)c2)N1. The van der Waals surface area contributed by atoms with Crippen molar-refractivity contribution < 1.29 is 9.18 Å². The second-order valence-electron chi connectivity index (χ2n) is 4.39. The summed E-state index contributed by atoms with van der Waals surface area (Å²) in [5.74, 6) is -0.0486. The predicted octanol–water partition coefficient (Wildman–Crippen LogP) is 1.24. The molecule has 2 N–H and O–H groups in total. The van der Waals surface area contributed by atoms with Crippen LogP contribution in [0.2, 0.25) is 0 Å². The molecule has 0 spiro atoms. The molecule has 1 saturated heterocycles. The summed E-state index contributed by atoms with van der Waals surface area (Å²) in [6, 6.07) is 6.91. The number of rotatable bonds is 5. The van der Waals surface area contributed by atoms with Crippen molar-refractivity contribution in [2.24, 2.45) is 0 Å². The van der Waals surface area contributed by atoms with Crippen LogP contribution < -0.4 is 10.6 Å². The van der Waals surface area contributed by atoms with Gasteiger partial charge in [-0.15, -0.1) is 0 Å². The molecule has 1 aromatic carbocycles. The molecule has 1 heterocycles. The number of carbonyl (C=O) groups is 1. The number of halogens is 1. The Hall–Kier alpha value is -1.42. The van der Waals surface area contributed by atoms with E-state index in [0.29, 0.717) is 6.42 Å². The molecule has 0 saturated carbocycles. The third-order valence-corrected chi connectivity index (χ3v) is 2.96. The second kappa shape index (κ2) is 5.77. The van der Waals surface area contributed by atoms with E-state index in [0.717, 1.165) is 31.5 Å². The van der Waals surface area contributed by atoms with E-state index in [1.807, 2.05) is 6.07 Å². The number of benzene rings is 1. The van der Waals surface area contributed by atoms with Crippen LogP contribution in [0.25, 0.3) is 0 Å². The van der Waals surface area contributed by atoms with Gasteiger partial charge in [-0.25, -0.2) is 4.39 Å². The molecule has 1 aliphatic heterocycles. The zero-order chi connectivity index (χ0) is 12.1. The van der Waals surface area contributed by atoms with Gasteiger partial charge in [-0.05, 0) is 37.1 Å². The second-order valence-corrected chi connectivity index (χ2v) is 4.39. The Morgan fingerprint density at radius 1 is 1.47 bits per heavy atom. The van der Waals surface area contributed by atoms with Gasteiger partial charge in [-0.3, -0.25) is 4.79 Å². The van der Waals surface area contributed by atoms with E-state index in [-0.39, 0.29) is 17.8 Å². The van der Waals surface area contributed by atoms with Gasteiger partial charge in [0, 0.05) is 19.0 Å². The van der Waals surface area contributed by atoms with Crippen LogP contribution in [0, 0.1) is 5.82 Å². The van der Waals surface area contributed by atoms with Crippen molar-refractivity contribution in [3.8, 4) is 0 Å². The van der Waals surface area contributed by atoms with Crippen LogP contribution >= 0.6 is 0 Å². The third-order valence-electron chi connectivity index (χ3n) is 2.96. The standard InChI is InChI=1S/C13H17FN2O/c14-11-3-1-2-10(8-11)6-7-15-9-12-4-5-13(17)16-12/h1-3,8,12,15H,4-7,9H2,(H,16,17). The maximum absolute atomic E-state index is 12.9. The minimum atomic E-state index is -0.189. The van der Waals surface area contributed by atoms with Crippen molar-refractivity contribution in [3.05, 3.63) is 35.6 Å². The van der Waals surface area contributed by atoms with Gasteiger partial charge in [0.25, 0.3) is 0 Å². The number of amides is 1. The van der Waals surface area contributed by atoms with Crippen LogP contribution in [-0.2, 0) is 11.2 Å². The molecule has 1 aliphatic rings. The van der Waals surface area contributed by atoms with Crippen LogP contribution in [0.15, 0.2) is 24.3 Å². The van der Waals surface area contributed by atoms with E-state index in [1.165, 1.54) is 6.07 Å². The maximum atomic E-state index is 12.9. The molecule has 1 fully saturated rings. The van der Waals surface area contributed by atoms with E-state index in [4.69, 9.17) is 0 Å². The van der Waals surface area contributed by atoms with Gasteiger partial charge in [0.15, 0.2) is 0 Å². The molecule has 4 heteroatoms. The van der Waals surface area contributed by atoms with Crippen LogP contribution in [0.4, 0.5) is 4.39 Å². The highest BCUT2D eigenvalue weighted by Gasteiger charge is 2.19. The summed E-state index contributed by atoms with van der Waals surface area (Å²) < 4.78 is 12.9. The average molecular weight is 236 g/mol. The summed E-state index contributed by atoms with van der Waals surface area (Å²) >= 11 is 0. The summed E-state index contributed by atoms with van der Waals surface area (Å²) in [5.41, 5.74) is 0.993. The fourth-order valence-electron chi connectivity index (χ4n) is 2.03. The Bertz CT molecular complexity index is 395. The Morgan fingerprint density at radius 2 is 2.35 bits per heavy atom. The maximum Gasteiger partial charge on any atom is 0.220 e. The highest BCUT2D eigenvalue weighted by Crippen LogP contribution is 2.06. The van der Waals surface area contributed by atoms with Crippen molar-refractivity contribution in [1.82, 2.24) is 10.6 Å². The largest absolute Gasteiger partial charge is 0.352 e. The lowest BCUT2D eigenvalue weighted by molar-refractivity contribution is -0.119.